The Hall–Kier alpha value is -3.18. The van der Waals surface area contributed by atoms with Crippen LogP contribution in [0.15, 0.2) is 24.3 Å². The third-order valence-electron chi connectivity index (χ3n) is 5.53. The molecule has 7 N–H and O–H groups in total. The van der Waals surface area contributed by atoms with Crippen molar-refractivity contribution in [1.29, 1.82) is 0 Å². The molecule has 3 rings (SSSR count). The van der Waals surface area contributed by atoms with Crippen molar-refractivity contribution >= 4 is 22.9 Å². The van der Waals surface area contributed by atoms with Crippen molar-refractivity contribution in [1.82, 2.24) is 10.6 Å². The number of hydrogen-bond donors (Lipinski definition) is 7. The minimum Gasteiger partial charge on any atom is -0.507 e. The molecule has 0 atom stereocenters. The fourth-order valence-electron chi connectivity index (χ4n) is 3.93. The van der Waals surface area contributed by atoms with Crippen LogP contribution in [-0.2, 0) is 4.74 Å². The maximum Gasteiger partial charge on any atom is 0.200 e. The van der Waals surface area contributed by atoms with Crippen LogP contribution in [0.2, 0.25) is 0 Å². The van der Waals surface area contributed by atoms with Crippen LogP contribution in [-0.4, -0.2) is 85.5 Å². The first-order chi connectivity index (χ1) is 16.9. The largest absolute Gasteiger partial charge is 0.507 e. The highest BCUT2D eigenvalue weighted by molar-refractivity contribution is 6.33. The number of phenols is 2. The Balaban J connectivity index is 1.84. The van der Waals surface area contributed by atoms with E-state index >= 15 is 0 Å². The van der Waals surface area contributed by atoms with Gasteiger partial charge in [-0.3, -0.25) is 9.59 Å². The lowest BCUT2D eigenvalue weighted by molar-refractivity contribution is 0.0811. The monoisotopic (exact) mass is 486 g/mol. The van der Waals surface area contributed by atoms with E-state index in [-0.39, 0.29) is 46.5 Å². The van der Waals surface area contributed by atoms with Crippen molar-refractivity contribution in [3.05, 3.63) is 46.5 Å². The van der Waals surface area contributed by atoms with E-state index in [2.05, 4.69) is 21.3 Å². The van der Waals surface area contributed by atoms with E-state index < -0.39 is 11.6 Å². The summed E-state index contributed by atoms with van der Waals surface area (Å²) in [7, 11) is 0. The van der Waals surface area contributed by atoms with Gasteiger partial charge in [-0.2, -0.15) is 0 Å². The van der Waals surface area contributed by atoms with Gasteiger partial charge in [0, 0.05) is 50.6 Å². The molecule has 10 heteroatoms. The highest BCUT2D eigenvalue weighted by atomic mass is 16.5. The van der Waals surface area contributed by atoms with Crippen molar-refractivity contribution in [2.45, 2.75) is 20.0 Å². The van der Waals surface area contributed by atoms with E-state index in [9.17, 15) is 19.8 Å². The normalized spacial score (nSPS) is 12.6. The van der Waals surface area contributed by atoms with Crippen molar-refractivity contribution in [3.63, 3.8) is 0 Å². The van der Waals surface area contributed by atoms with Gasteiger partial charge in [-0.15, -0.1) is 0 Å². The molecule has 0 aliphatic heterocycles. The first-order valence-corrected chi connectivity index (χ1v) is 11.8. The second-order valence-corrected chi connectivity index (χ2v) is 8.42. The third kappa shape index (κ3) is 6.29. The third-order valence-corrected chi connectivity index (χ3v) is 5.53. The van der Waals surface area contributed by atoms with Crippen molar-refractivity contribution in [3.8, 4) is 11.5 Å². The van der Waals surface area contributed by atoms with E-state index in [1.807, 2.05) is 13.8 Å². The van der Waals surface area contributed by atoms with Crippen LogP contribution in [0.5, 0.6) is 11.5 Å². The number of rotatable bonds is 14. The van der Waals surface area contributed by atoms with Crippen LogP contribution in [0.4, 0.5) is 11.4 Å². The van der Waals surface area contributed by atoms with E-state index in [0.29, 0.717) is 57.3 Å². The van der Waals surface area contributed by atoms with Crippen molar-refractivity contribution in [2.24, 2.45) is 0 Å². The number of ketones is 2. The van der Waals surface area contributed by atoms with Crippen molar-refractivity contribution in [2.75, 3.05) is 63.1 Å². The molecule has 10 nitrogen and oxygen atoms in total. The summed E-state index contributed by atoms with van der Waals surface area (Å²) in [6.45, 7) is 7.76. The van der Waals surface area contributed by atoms with Gasteiger partial charge >= 0.3 is 0 Å². The molecule has 0 amide bonds. The number of fused-ring (bicyclic) bond motifs is 2. The molecule has 0 saturated heterocycles. The average Bonchev–Trinajstić information content (AvgIpc) is 2.83. The summed E-state index contributed by atoms with van der Waals surface area (Å²) in [5.41, 5.74) is 0.820. The predicted molar refractivity (Wildman–Crippen MR) is 134 cm³/mol. The first kappa shape index (κ1) is 26.4. The summed E-state index contributed by atoms with van der Waals surface area (Å²) in [5, 5.41) is 42.2. The molecule has 190 valence electrons. The zero-order valence-electron chi connectivity index (χ0n) is 20.1. The summed E-state index contributed by atoms with van der Waals surface area (Å²) in [6, 6.07) is 5.84. The molecular formula is C25H34N4O6. The predicted octanol–water partition coefficient (Wildman–Crippen LogP) is 1.29. The fourth-order valence-corrected chi connectivity index (χ4v) is 3.93. The number of ether oxygens (including phenoxy) is 1. The van der Waals surface area contributed by atoms with Gasteiger partial charge in [0.1, 0.15) is 11.5 Å². The standard InChI is InChI=1S/C25H34N4O6/c1-15(2)35-14-12-27-8-10-29-17-4-3-16(28-9-7-26-11-13-30)20-21(17)25(34)23-19(32)6-5-18(31)22(23)24(20)33/h3-6,15,26-32H,7-14H2,1-2H3. The molecule has 2 aromatic rings. The summed E-state index contributed by atoms with van der Waals surface area (Å²) in [5.74, 6) is -1.79. The molecule has 0 fully saturated rings. The lowest BCUT2D eigenvalue weighted by atomic mass is 9.81. The van der Waals surface area contributed by atoms with Crippen LogP contribution in [0.3, 0.4) is 0 Å². The van der Waals surface area contributed by atoms with Crippen LogP contribution in [0.1, 0.15) is 45.7 Å². The first-order valence-electron chi connectivity index (χ1n) is 11.8. The number of aromatic hydroxyl groups is 2. The van der Waals surface area contributed by atoms with E-state index in [1.54, 1.807) is 12.1 Å². The molecule has 1 aliphatic rings. The Morgan fingerprint density at radius 1 is 0.714 bits per heavy atom. The quantitative estimate of drug-likeness (QED) is 0.131. The van der Waals surface area contributed by atoms with Gasteiger partial charge in [0.25, 0.3) is 0 Å². The molecular weight excluding hydrogens is 452 g/mol. The Labute approximate surface area is 204 Å². The maximum atomic E-state index is 13.5. The molecule has 0 saturated carbocycles. The lowest BCUT2D eigenvalue weighted by Crippen LogP contribution is -2.29. The highest BCUT2D eigenvalue weighted by Gasteiger charge is 2.37. The number of aliphatic hydroxyl groups is 1. The topological polar surface area (TPSA) is 152 Å². The maximum absolute atomic E-state index is 13.5. The van der Waals surface area contributed by atoms with Gasteiger partial charge < -0.3 is 41.3 Å². The van der Waals surface area contributed by atoms with Crippen LogP contribution in [0.25, 0.3) is 0 Å². The zero-order valence-corrected chi connectivity index (χ0v) is 20.1. The highest BCUT2D eigenvalue weighted by Crippen LogP contribution is 2.42. The molecule has 0 bridgehead atoms. The average molecular weight is 487 g/mol. The van der Waals surface area contributed by atoms with E-state index in [0.717, 1.165) is 0 Å². The summed E-state index contributed by atoms with van der Waals surface area (Å²) in [4.78, 5) is 27.0. The molecule has 1 aliphatic carbocycles. The minimum atomic E-state index is -0.540. The SMILES string of the molecule is CC(C)OCCNCCNc1ccc(NCCNCCO)c2c1C(=O)c1c(O)ccc(O)c1C2=O. The Bertz CT molecular complexity index is 1060. The number of anilines is 2. The van der Waals surface area contributed by atoms with Crippen LogP contribution >= 0.6 is 0 Å². The smallest absolute Gasteiger partial charge is 0.200 e. The number of carbonyl (C=O) groups excluding carboxylic acids is 2. The number of phenolic OH excluding ortho intramolecular Hbond substituents is 2. The molecule has 0 radical (unpaired) electrons. The zero-order chi connectivity index (χ0) is 25.4. The fraction of sp³-hybridized carbons (Fsp3) is 0.440. The van der Waals surface area contributed by atoms with E-state index in [1.165, 1.54) is 12.1 Å². The summed E-state index contributed by atoms with van der Waals surface area (Å²) >= 11 is 0. The van der Waals surface area contributed by atoms with E-state index in [4.69, 9.17) is 9.84 Å². The van der Waals surface area contributed by atoms with Gasteiger partial charge in [-0.25, -0.2) is 0 Å². The Kier molecular flexibility index (Phi) is 9.44. The summed E-state index contributed by atoms with van der Waals surface area (Å²) in [6.07, 6.45) is 0.168. The molecule has 2 aromatic carbocycles. The Morgan fingerprint density at radius 2 is 1.20 bits per heavy atom. The second kappa shape index (κ2) is 12.5. The number of benzene rings is 2. The van der Waals surface area contributed by atoms with Crippen LogP contribution < -0.4 is 21.3 Å². The molecule has 0 heterocycles. The minimum absolute atomic E-state index is 0.0158. The van der Waals surface area contributed by atoms with Gasteiger partial charge in [0.05, 0.1) is 41.6 Å². The Morgan fingerprint density at radius 3 is 1.66 bits per heavy atom. The molecule has 0 unspecified atom stereocenters. The van der Waals surface area contributed by atoms with Gasteiger partial charge in [-0.05, 0) is 38.1 Å². The van der Waals surface area contributed by atoms with Gasteiger partial charge in [-0.1, -0.05) is 0 Å². The van der Waals surface area contributed by atoms with Crippen molar-refractivity contribution < 1.29 is 29.6 Å². The number of nitrogens with one attached hydrogen (secondary N) is 4. The van der Waals surface area contributed by atoms with Crippen LogP contribution in [0, 0.1) is 0 Å². The number of hydrogen-bond acceptors (Lipinski definition) is 10. The lowest BCUT2D eigenvalue weighted by Gasteiger charge is -2.25. The number of aliphatic hydroxyl groups excluding tert-OH is 1. The molecule has 0 aromatic heterocycles. The molecule has 0 spiro atoms. The number of carbonyl (C=O) groups is 2. The molecule has 35 heavy (non-hydrogen) atoms. The summed E-state index contributed by atoms with van der Waals surface area (Å²) < 4.78 is 5.50. The van der Waals surface area contributed by atoms with Gasteiger partial charge in [0.2, 0.25) is 11.6 Å². The second-order valence-electron chi connectivity index (χ2n) is 8.42. The van der Waals surface area contributed by atoms with Gasteiger partial charge in [0.15, 0.2) is 0 Å².